The average Bonchev–Trinajstić information content (AvgIpc) is 2.72. The van der Waals surface area contributed by atoms with Crippen molar-refractivity contribution >= 4 is 11.7 Å². The number of hydrogen-bond acceptors (Lipinski definition) is 5. The van der Waals surface area contributed by atoms with Gasteiger partial charge in [0.2, 0.25) is 0 Å². The van der Waals surface area contributed by atoms with Crippen molar-refractivity contribution in [2.75, 3.05) is 5.43 Å². The van der Waals surface area contributed by atoms with Crippen molar-refractivity contribution in [1.29, 1.82) is 0 Å². The van der Waals surface area contributed by atoms with Crippen LogP contribution < -0.4 is 10.9 Å². The molecule has 0 spiro atoms. The lowest BCUT2D eigenvalue weighted by atomic mass is 10.00. The van der Waals surface area contributed by atoms with Crippen LogP contribution in [-0.2, 0) is 11.5 Å². The minimum Gasteiger partial charge on any atom is -0.281 e. The lowest BCUT2D eigenvalue weighted by Crippen LogP contribution is -2.40. The highest BCUT2D eigenvalue weighted by atomic mass is 19.4. The fraction of sp³-hybridized carbons (Fsp3) is 0.111. The minimum atomic E-state index is -5.15. The summed E-state index contributed by atoms with van der Waals surface area (Å²) in [4.78, 5) is 23.0. The van der Waals surface area contributed by atoms with E-state index in [9.17, 15) is 26.7 Å². The van der Waals surface area contributed by atoms with Gasteiger partial charge < -0.3 is 0 Å². The molecule has 2 aromatic heterocycles. The van der Waals surface area contributed by atoms with E-state index in [1.807, 2.05) is 0 Å². The number of halogens is 5. The summed E-state index contributed by atoms with van der Waals surface area (Å²) in [7, 11) is 0. The SMILES string of the molecule is O=C(NNc1nc(CF)nc(-c2ccncc2)c1-c1ccc(F)cc1)C(F)(F)F. The number of benzene rings is 1. The van der Waals surface area contributed by atoms with Crippen molar-refractivity contribution in [2.45, 2.75) is 12.9 Å². The maximum atomic E-state index is 13.3. The van der Waals surface area contributed by atoms with Gasteiger partial charge in [0.05, 0.1) is 11.3 Å². The molecule has 1 amide bonds. The molecule has 150 valence electrons. The van der Waals surface area contributed by atoms with E-state index >= 15 is 0 Å². The number of amides is 1. The first-order valence-electron chi connectivity index (χ1n) is 8.06. The summed E-state index contributed by atoms with van der Waals surface area (Å²) < 4.78 is 64.2. The second kappa shape index (κ2) is 8.17. The van der Waals surface area contributed by atoms with Crippen molar-refractivity contribution in [3.8, 4) is 22.4 Å². The molecule has 0 unspecified atom stereocenters. The van der Waals surface area contributed by atoms with E-state index in [0.717, 1.165) is 12.1 Å². The number of carbonyl (C=O) groups excluding carboxylic acids is 1. The molecular formula is C18H12F5N5O. The zero-order chi connectivity index (χ0) is 21.0. The monoisotopic (exact) mass is 409 g/mol. The van der Waals surface area contributed by atoms with Gasteiger partial charge in [0.1, 0.15) is 12.5 Å². The van der Waals surface area contributed by atoms with Crippen LogP contribution in [0.15, 0.2) is 48.8 Å². The van der Waals surface area contributed by atoms with Crippen LogP contribution in [0, 0.1) is 5.82 Å². The summed E-state index contributed by atoms with van der Waals surface area (Å²) in [6, 6.07) is 8.07. The van der Waals surface area contributed by atoms with E-state index in [1.165, 1.54) is 30.0 Å². The van der Waals surface area contributed by atoms with Crippen LogP contribution in [0.1, 0.15) is 5.82 Å². The zero-order valence-electron chi connectivity index (χ0n) is 14.5. The number of rotatable bonds is 5. The highest BCUT2D eigenvalue weighted by molar-refractivity contribution is 5.89. The van der Waals surface area contributed by atoms with Gasteiger partial charge in [-0.1, -0.05) is 12.1 Å². The summed E-state index contributed by atoms with van der Waals surface area (Å²) in [6.07, 6.45) is -2.26. The second-order valence-corrected chi connectivity index (χ2v) is 5.67. The third-order valence-corrected chi connectivity index (χ3v) is 3.71. The standard InChI is InChI=1S/C18H12F5N5O/c19-9-13-25-15(11-5-7-24-8-6-11)14(10-1-3-12(20)4-2-10)16(26-13)27-28-17(29)18(21,22)23/h1-8H,9H2,(H,28,29)(H,25,26,27). The lowest BCUT2D eigenvalue weighted by Gasteiger charge is -2.17. The molecule has 3 rings (SSSR count). The van der Waals surface area contributed by atoms with Gasteiger partial charge in [0, 0.05) is 18.0 Å². The number of hydrazine groups is 1. The molecule has 6 nitrogen and oxygen atoms in total. The summed E-state index contributed by atoms with van der Waals surface area (Å²) in [5, 5.41) is 0. The molecule has 0 aliphatic carbocycles. The van der Waals surface area contributed by atoms with Crippen LogP contribution in [-0.4, -0.2) is 27.0 Å². The third-order valence-electron chi connectivity index (χ3n) is 3.71. The average molecular weight is 409 g/mol. The zero-order valence-corrected chi connectivity index (χ0v) is 14.5. The molecule has 1 aromatic carbocycles. The number of aromatic nitrogens is 3. The molecule has 0 saturated heterocycles. The van der Waals surface area contributed by atoms with Gasteiger partial charge in [-0.25, -0.2) is 18.7 Å². The summed E-state index contributed by atoms with van der Waals surface area (Å²) >= 11 is 0. The summed E-state index contributed by atoms with van der Waals surface area (Å²) in [6.45, 7) is -1.11. The Hall–Kier alpha value is -3.63. The molecule has 0 saturated carbocycles. The van der Waals surface area contributed by atoms with Crippen molar-refractivity contribution in [1.82, 2.24) is 20.4 Å². The Balaban J connectivity index is 2.17. The van der Waals surface area contributed by atoms with Crippen LogP contribution in [0.3, 0.4) is 0 Å². The largest absolute Gasteiger partial charge is 0.472 e. The number of alkyl halides is 4. The van der Waals surface area contributed by atoms with E-state index < -0.39 is 24.6 Å². The molecule has 2 N–H and O–H groups in total. The lowest BCUT2D eigenvalue weighted by molar-refractivity contribution is -0.173. The number of carbonyl (C=O) groups is 1. The van der Waals surface area contributed by atoms with Crippen LogP contribution in [0.2, 0.25) is 0 Å². The molecule has 3 aromatic rings. The highest BCUT2D eigenvalue weighted by Crippen LogP contribution is 2.35. The summed E-state index contributed by atoms with van der Waals surface area (Å²) in [5.41, 5.74) is 4.63. The van der Waals surface area contributed by atoms with Gasteiger partial charge in [0.25, 0.3) is 0 Å². The van der Waals surface area contributed by atoms with Crippen LogP contribution in [0.5, 0.6) is 0 Å². The molecule has 0 fully saturated rings. The van der Waals surface area contributed by atoms with Crippen LogP contribution in [0.4, 0.5) is 27.8 Å². The summed E-state index contributed by atoms with van der Waals surface area (Å²) in [5.74, 6) is -3.43. The fourth-order valence-corrected chi connectivity index (χ4v) is 2.45. The topological polar surface area (TPSA) is 79.8 Å². The Morgan fingerprint density at radius 2 is 1.62 bits per heavy atom. The molecule has 2 heterocycles. The van der Waals surface area contributed by atoms with Gasteiger partial charge in [-0.2, -0.15) is 13.2 Å². The smallest absolute Gasteiger partial charge is 0.281 e. The van der Waals surface area contributed by atoms with Crippen molar-refractivity contribution in [3.63, 3.8) is 0 Å². The van der Waals surface area contributed by atoms with E-state index in [2.05, 4.69) is 20.4 Å². The third kappa shape index (κ3) is 4.62. The highest BCUT2D eigenvalue weighted by Gasteiger charge is 2.39. The van der Waals surface area contributed by atoms with Gasteiger partial charge in [-0.05, 0) is 29.8 Å². The quantitative estimate of drug-likeness (QED) is 0.495. The molecule has 11 heteroatoms. The normalized spacial score (nSPS) is 11.2. The maximum absolute atomic E-state index is 13.3. The van der Waals surface area contributed by atoms with Gasteiger partial charge in [-0.3, -0.25) is 20.6 Å². The maximum Gasteiger partial charge on any atom is 0.472 e. The Morgan fingerprint density at radius 3 is 2.21 bits per heavy atom. The van der Waals surface area contributed by atoms with E-state index in [4.69, 9.17) is 0 Å². The number of anilines is 1. The first-order chi connectivity index (χ1) is 13.8. The minimum absolute atomic E-state index is 0.135. The predicted molar refractivity (Wildman–Crippen MR) is 93.3 cm³/mol. The molecule has 0 radical (unpaired) electrons. The first-order valence-corrected chi connectivity index (χ1v) is 8.06. The Bertz CT molecular complexity index is 1010. The molecular weight excluding hydrogens is 397 g/mol. The first kappa shape index (κ1) is 20.1. The molecule has 0 atom stereocenters. The number of nitrogens with one attached hydrogen (secondary N) is 2. The second-order valence-electron chi connectivity index (χ2n) is 5.67. The molecule has 0 aliphatic rings. The molecule has 29 heavy (non-hydrogen) atoms. The van der Waals surface area contributed by atoms with Gasteiger partial charge in [-0.15, -0.1) is 0 Å². The predicted octanol–water partition coefficient (Wildman–Crippen LogP) is 3.82. The van der Waals surface area contributed by atoms with E-state index in [0.29, 0.717) is 11.1 Å². The van der Waals surface area contributed by atoms with E-state index in [1.54, 1.807) is 12.1 Å². The van der Waals surface area contributed by atoms with Gasteiger partial charge >= 0.3 is 12.1 Å². The van der Waals surface area contributed by atoms with Crippen molar-refractivity contribution < 1.29 is 26.7 Å². The molecule has 0 aliphatic heterocycles. The number of nitrogens with zero attached hydrogens (tertiary/aromatic N) is 3. The molecule has 0 bridgehead atoms. The number of hydrogen-bond donors (Lipinski definition) is 2. The van der Waals surface area contributed by atoms with Crippen LogP contribution in [0.25, 0.3) is 22.4 Å². The Kier molecular flexibility index (Phi) is 5.66. The van der Waals surface area contributed by atoms with E-state index in [-0.39, 0.29) is 22.9 Å². The van der Waals surface area contributed by atoms with Crippen LogP contribution >= 0.6 is 0 Å². The Labute approximate surface area is 160 Å². The van der Waals surface area contributed by atoms with Gasteiger partial charge in [0.15, 0.2) is 11.6 Å². The Morgan fingerprint density at radius 1 is 0.966 bits per heavy atom. The fourth-order valence-electron chi connectivity index (χ4n) is 2.45. The van der Waals surface area contributed by atoms with Crippen molar-refractivity contribution in [3.05, 3.63) is 60.4 Å². The van der Waals surface area contributed by atoms with Crippen molar-refractivity contribution in [2.24, 2.45) is 0 Å². The number of pyridine rings is 1.